The van der Waals surface area contributed by atoms with Crippen molar-refractivity contribution in [2.45, 2.75) is 31.8 Å². The van der Waals surface area contributed by atoms with Crippen LogP contribution in [0.5, 0.6) is 0 Å². The molecule has 1 aliphatic heterocycles. The molecule has 1 N–H and O–H groups in total. The first kappa shape index (κ1) is 17.5. The number of urea groups is 1. The third-order valence-corrected chi connectivity index (χ3v) is 4.57. The minimum Gasteiger partial charge on any atom is -0.378 e. The lowest BCUT2D eigenvalue weighted by Crippen LogP contribution is -2.33. The molecule has 1 saturated heterocycles. The smallest absolute Gasteiger partial charge is 0.322 e. The van der Waals surface area contributed by atoms with Gasteiger partial charge in [-0.1, -0.05) is 30.3 Å². The lowest BCUT2D eigenvalue weighted by molar-refractivity contribution is 0.101. The molecule has 2 amide bonds. The topological polar surface area (TPSA) is 59.4 Å². The highest BCUT2D eigenvalue weighted by atomic mass is 16.5. The van der Waals surface area contributed by atoms with Gasteiger partial charge in [0.1, 0.15) is 5.82 Å². The molecule has 1 aromatic heterocycles. The van der Waals surface area contributed by atoms with Gasteiger partial charge >= 0.3 is 6.03 Å². The quantitative estimate of drug-likeness (QED) is 0.874. The number of ether oxygens (including phenoxy) is 1. The van der Waals surface area contributed by atoms with Crippen LogP contribution in [0.15, 0.2) is 36.4 Å². The van der Waals surface area contributed by atoms with Crippen LogP contribution in [-0.2, 0) is 11.8 Å². The normalized spacial score (nSPS) is 16.8. The maximum absolute atomic E-state index is 12.4. The standard InChI is InChI=1S/C19H26N4O2/c1-22(12-6-10-16-11-7-13-25-16)19(24)20-18-14-17(21-23(18)2)15-8-4-3-5-9-15/h3-5,8-9,14,16H,6-7,10-13H2,1-2H3,(H,20,24). The molecule has 25 heavy (non-hydrogen) atoms. The molecule has 0 bridgehead atoms. The molecular weight excluding hydrogens is 316 g/mol. The fraction of sp³-hybridized carbons (Fsp3) is 0.474. The Bertz CT molecular complexity index is 693. The second-order valence-electron chi connectivity index (χ2n) is 6.53. The van der Waals surface area contributed by atoms with Gasteiger partial charge in [0.15, 0.2) is 0 Å². The third kappa shape index (κ3) is 4.60. The predicted octanol–water partition coefficient (Wildman–Crippen LogP) is 3.51. The Balaban J connectivity index is 1.52. The Morgan fingerprint density at radius 3 is 2.92 bits per heavy atom. The van der Waals surface area contributed by atoms with Crippen LogP contribution in [0.4, 0.5) is 10.6 Å². The first-order valence-electron chi connectivity index (χ1n) is 8.86. The first-order valence-corrected chi connectivity index (χ1v) is 8.86. The summed E-state index contributed by atoms with van der Waals surface area (Å²) >= 11 is 0. The van der Waals surface area contributed by atoms with Crippen LogP contribution in [0.1, 0.15) is 25.7 Å². The zero-order chi connectivity index (χ0) is 17.6. The summed E-state index contributed by atoms with van der Waals surface area (Å²) in [7, 11) is 3.65. The third-order valence-electron chi connectivity index (χ3n) is 4.57. The number of nitrogens with one attached hydrogen (secondary N) is 1. The van der Waals surface area contributed by atoms with Crippen molar-refractivity contribution in [2.75, 3.05) is 25.5 Å². The molecule has 1 fully saturated rings. The summed E-state index contributed by atoms with van der Waals surface area (Å²) in [5, 5.41) is 7.41. The van der Waals surface area contributed by atoms with Crippen molar-refractivity contribution in [2.24, 2.45) is 7.05 Å². The second-order valence-corrected chi connectivity index (χ2v) is 6.53. The maximum atomic E-state index is 12.4. The fourth-order valence-electron chi connectivity index (χ4n) is 3.07. The molecule has 0 spiro atoms. The van der Waals surface area contributed by atoms with Gasteiger partial charge < -0.3 is 9.64 Å². The number of hydrogen-bond donors (Lipinski definition) is 1. The van der Waals surface area contributed by atoms with Crippen LogP contribution in [0, 0.1) is 0 Å². The van der Waals surface area contributed by atoms with Crippen molar-refractivity contribution < 1.29 is 9.53 Å². The van der Waals surface area contributed by atoms with E-state index in [2.05, 4.69) is 10.4 Å². The summed E-state index contributed by atoms with van der Waals surface area (Å²) in [4.78, 5) is 14.1. The van der Waals surface area contributed by atoms with Gasteiger partial charge in [0.2, 0.25) is 0 Å². The zero-order valence-corrected chi connectivity index (χ0v) is 14.9. The molecule has 0 aliphatic carbocycles. The molecule has 1 atom stereocenters. The van der Waals surface area contributed by atoms with Gasteiger partial charge in [-0.05, 0) is 25.7 Å². The minimum absolute atomic E-state index is 0.116. The number of hydrogen-bond acceptors (Lipinski definition) is 3. The van der Waals surface area contributed by atoms with E-state index in [-0.39, 0.29) is 6.03 Å². The number of benzene rings is 1. The largest absolute Gasteiger partial charge is 0.378 e. The van der Waals surface area contributed by atoms with Gasteiger partial charge in [-0.15, -0.1) is 0 Å². The molecule has 6 nitrogen and oxygen atoms in total. The molecule has 0 radical (unpaired) electrons. The van der Waals surface area contributed by atoms with Crippen LogP contribution in [-0.4, -0.2) is 47.0 Å². The Morgan fingerprint density at radius 2 is 2.20 bits per heavy atom. The van der Waals surface area contributed by atoms with E-state index in [1.54, 1.807) is 9.58 Å². The number of nitrogens with zero attached hydrogens (tertiary/aromatic N) is 3. The number of carbonyl (C=O) groups excluding carboxylic acids is 1. The monoisotopic (exact) mass is 342 g/mol. The van der Waals surface area contributed by atoms with E-state index in [1.165, 1.54) is 0 Å². The van der Waals surface area contributed by atoms with E-state index in [1.807, 2.05) is 50.5 Å². The van der Waals surface area contributed by atoms with E-state index >= 15 is 0 Å². The van der Waals surface area contributed by atoms with E-state index in [0.717, 1.165) is 50.1 Å². The van der Waals surface area contributed by atoms with Gasteiger partial charge in [0.05, 0.1) is 11.8 Å². The summed E-state index contributed by atoms with van der Waals surface area (Å²) < 4.78 is 7.32. The number of amides is 2. The lowest BCUT2D eigenvalue weighted by Gasteiger charge is -2.18. The average molecular weight is 342 g/mol. The van der Waals surface area contributed by atoms with Crippen molar-refractivity contribution in [3.63, 3.8) is 0 Å². The molecule has 1 aliphatic rings. The van der Waals surface area contributed by atoms with Crippen LogP contribution in [0.3, 0.4) is 0 Å². The fourth-order valence-corrected chi connectivity index (χ4v) is 3.07. The summed E-state index contributed by atoms with van der Waals surface area (Å²) in [6.07, 6.45) is 4.65. The Labute approximate surface area is 148 Å². The van der Waals surface area contributed by atoms with Gasteiger partial charge in [-0.2, -0.15) is 5.10 Å². The SMILES string of the molecule is CN(CCCC1CCCO1)C(=O)Nc1cc(-c2ccccc2)nn1C. The average Bonchev–Trinajstić information content (AvgIpc) is 3.26. The molecular formula is C19H26N4O2. The lowest BCUT2D eigenvalue weighted by atomic mass is 10.1. The number of aromatic nitrogens is 2. The number of carbonyl (C=O) groups is 1. The molecule has 0 saturated carbocycles. The van der Waals surface area contributed by atoms with E-state index in [4.69, 9.17) is 4.74 Å². The van der Waals surface area contributed by atoms with Crippen molar-refractivity contribution >= 4 is 11.8 Å². The van der Waals surface area contributed by atoms with E-state index < -0.39 is 0 Å². The van der Waals surface area contributed by atoms with E-state index in [0.29, 0.717) is 11.9 Å². The number of anilines is 1. The molecule has 1 unspecified atom stereocenters. The summed E-state index contributed by atoms with van der Waals surface area (Å²) in [5.74, 6) is 0.690. The summed E-state index contributed by atoms with van der Waals surface area (Å²) in [6, 6.07) is 11.7. The zero-order valence-electron chi connectivity index (χ0n) is 14.9. The van der Waals surface area contributed by atoms with Gasteiger partial charge in [-0.25, -0.2) is 4.79 Å². The van der Waals surface area contributed by atoms with Crippen LogP contribution < -0.4 is 5.32 Å². The van der Waals surface area contributed by atoms with Crippen molar-refractivity contribution in [1.29, 1.82) is 0 Å². The summed E-state index contributed by atoms with van der Waals surface area (Å²) in [5.41, 5.74) is 1.88. The molecule has 6 heteroatoms. The van der Waals surface area contributed by atoms with Crippen molar-refractivity contribution in [1.82, 2.24) is 14.7 Å². The van der Waals surface area contributed by atoms with Gasteiger partial charge in [0, 0.05) is 38.9 Å². The highest BCUT2D eigenvalue weighted by molar-refractivity contribution is 5.88. The minimum atomic E-state index is -0.116. The molecule has 2 aromatic rings. The second kappa shape index (κ2) is 8.16. The Kier molecular flexibility index (Phi) is 5.71. The maximum Gasteiger partial charge on any atom is 0.322 e. The molecule has 3 rings (SSSR count). The van der Waals surface area contributed by atoms with Crippen molar-refractivity contribution in [3.05, 3.63) is 36.4 Å². The van der Waals surface area contributed by atoms with Crippen LogP contribution in [0.25, 0.3) is 11.3 Å². The molecule has 134 valence electrons. The Morgan fingerprint density at radius 1 is 1.40 bits per heavy atom. The number of rotatable bonds is 6. The predicted molar refractivity (Wildman–Crippen MR) is 98.5 cm³/mol. The molecule has 1 aromatic carbocycles. The van der Waals surface area contributed by atoms with E-state index in [9.17, 15) is 4.79 Å². The Hall–Kier alpha value is -2.34. The van der Waals surface area contributed by atoms with Gasteiger partial charge in [0.25, 0.3) is 0 Å². The van der Waals surface area contributed by atoms with Crippen LogP contribution in [0.2, 0.25) is 0 Å². The summed E-state index contributed by atoms with van der Waals surface area (Å²) in [6.45, 7) is 1.60. The van der Waals surface area contributed by atoms with Crippen LogP contribution >= 0.6 is 0 Å². The van der Waals surface area contributed by atoms with Crippen molar-refractivity contribution in [3.8, 4) is 11.3 Å². The molecule has 2 heterocycles. The first-order chi connectivity index (χ1) is 12.1. The van der Waals surface area contributed by atoms with Gasteiger partial charge in [-0.3, -0.25) is 10.00 Å². The number of aryl methyl sites for hydroxylation is 1. The highest BCUT2D eigenvalue weighted by Crippen LogP contribution is 2.21. The highest BCUT2D eigenvalue weighted by Gasteiger charge is 2.17.